The van der Waals surface area contributed by atoms with Crippen LogP contribution in [0.5, 0.6) is 0 Å². The van der Waals surface area contributed by atoms with Gasteiger partial charge in [-0.15, -0.1) is 0 Å². The van der Waals surface area contributed by atoms with Crippen molar-refractivity contribution in [3.05, 3.63) is 46.3 Å². The molecule has 1 aromatic heterocycles. The zero-order valence-electron chi connectivity index (χ0n) is 11.0. The van der Waals surface area contributed by atoms with E-state index in [0.717, 1.165) is 43.4 Å². The first-order valence-corrected chi connectivity index (χ1v) is 7.17. The average Bonchev–Trinajstić information content (AvgIpc) is 2.71. The molecule has 0 atom stereocenters. The standard InChI is InChI=1S/C15H15ClN2O2/c16-11-7-4-5-8-12(11)17-15(19)14-10-6-2-1-3-9-13(10)20-18-14/h4-5,7-8H,1-3,6,9H2,(H,17,19). The van der Waals surface area contributed by atoms with Gasteiger partial charge in [-0.05, 0) is 31.4 Å². The van der Waals surface area contributed by atoms with Crippen molar-refractivity contribution in [3.8, 4) is 0 Å². The number of fused-ring (bicyclic) bond motifs is 1. The molecule has 0 unspecified atom stereocenters. The van der Waals surface area contributed by atoms with E-state index in [1.54, 1.807) is 12.1 Å². The predicted octanol–water partition coefficient (Wildman–Crippen LogP) is 3.85. The highest BCUT2D eigenvalue weighted by Crippen LogP contribution is 2.25. The van der Waals surface area contributed by atoms with Crippen molar-refractivity contribution in [1.29, 1.82) is 0 Å². The summed E-state index contributed by atoms with van der Waals surface area (Å²) in [5, 5.41) is 7.23. The molecule has 1 aromatic carbocycles. The first kappa shape index (κ1) is 13.2. The molecule has 104 valence electrons. The van der Waals surface area contributed by atoms with E-state index in [4.69, 9.17) is 16.1 Å². The van der Waals surface area contributed by atoms with Crippen molar-refractivity contribution in [2.45, 2.75) is 32.1 Å². The molecule has 3 rings (SSSR count). The van der Waals surface area contributed by atoms with E-state index in [-0.39, 0.29) is 5.91 Å². The van der Waals surface area contributed by atoms with Crippen LogP contribution < -0.4 is 5.32 Å². The molecule has 1 heterocycles. The van der Waals surface area contributed by atoms with E-state index in [0.29, 0.717) is 16.4 Å². The molecular formula is C15H15ClN2O2. The lowest BCUT2D eigenvalue weighted by Crippen LogP contribution is -2.14. The van der Waals surface area contributed by atoms with Gasteiger partial charge in [-0.2, -0.15) is 0 Å². The third-order valence-corrected chi connectivity index (χ3v) is 3.87. The van der Waals surface area contributed by atoms with Crippen LogP contribution in [0.25, 0.3) is 0 Å². The van der Waals surface area contributed by atoms with E-state index in [2.05, 4.69) is 10.5 Å². The topological polar surface area (TPSA) is 55.1 Å². The summed E-state index contributed by atoms with van der Waals surface area (Å²) in [6.45, 7) is 0. The maximum Gasteiger partial charge on any atom is 0.278 e. The first-order valence-electron chi connectivity index (χ1n) is 6.79. The van der Waals surface area contributed by atoms with Crippen LogP contribution in [0.3, 0.4) is 0 Å². The van der Waals surface area contributed by atoms with Gasteiger partial charge in [0, 0.05) is 12.0 Å². The second-order valence-electron chi connectivity index (χ2n) is 4.93. The van der Waals surface area contributed by atoms with Crippen molar-refractivity contribution in [2.24, 2.45) is 0 Å². The number of aromatic nitrogens is 1. The fourth-order valence-corrected chi connectivity index (χ4v) is 2.67. The number of rotatable bonds is 2. The lowest BCUT2D eigenvalue weighted by atomic mass is 10.1. The summed E-state index contributed by atoms with van der Waals surface area (Å²) in [4.78, 5) is 12.3. The fourth-order valence-electron chi connectivity index (χ4n) is 2.48. The number of nitrogens with zero attached hydrogens (tertiary/aromatic N) is 1. The number of para-hydroxylation sites is 1. The largest absolute Gasteiger partial charge is 0.360 e. The van der Waals surface area contributed by atoms with Crippen LogP contribution in [0.15, 0.2) is 28.8 Å². The van der Waals surface area contributed by atoms with Gasteiger partial charge in [0.1, 0.15) is 5.76 Å². The minimum Gasteiger partial charge on any atom is -0.360 e. The van der Waals surface area contributed by atoms with Gasteiger partial charge in [-0.1, -0.05) is 35.3 Å². The molecule has 0 radical (unpaired) electrons. The predicted molar refractivity (Wildman–Crippen MR) is 77.2 cm³/mol. The van der Waals surface area contributed by atoms with Crippen molar-refractivity contribution in [1.82, 2.24) is 5.16 Å². The number of hydrogen-bond donors (Lipinski definition) is 1. The monoisotopic (exact) mass is 290 g/mol. The molecular weight excluding hydrogens is 276 g/mol. The number of carbonyl (C=O) groups excluding carboxylic acids is 1. The van der Waals surface area contributed by atoms with E-state index >= 15 is 0 Å². The Kier molecular flexibility index (Phi) is 3.74. The number of hydrogen-bond acceptors (Lipinski definition) is 3. The molecule has 0 saturated carbocycles. The molecule has 1 N–H and O–H groups in total. The van der Waals surface area contributed by atoms with Gasteiger partial charge in [-0.3, -0.25) is 4.79 Å². The Labute approximate surface area is 122 Å². The Balaban J connectivity index is 1.85. The second kappa shape index (κ2) is 5.67. The number of halogens is 1. The summed E-state index contributed by atoms with van der Waals surface area (Å²) in [5.74, 6) is 0.594. The zero-order valence-corrected chi connectivity index (χ0v) is 11.7. The SMILES string of the molecule is O=C(Nc1ccccc1Cl)c1noc2c1CCCCC2. The highest BCUT2D eigenvalue weighted by molar-refractivity contribution is 6.33. The van der Waals surface area contributed by atoms with E-state index in [1.165, 1.54) is 0 Å². The maximum absolute atomic E-state index is 12.3. The van der Waals surface area contributed by atoms with Gasteiger partial charge in [0.25, 0.3) is 5.91 Å². The van der Waals surface area contributed by atoms with Crippen LogP contribution >= 0.6 is 11.6 Å². The number of amides is 1. The molecule has 5 heteroatoms. The lowest BCUT2D eigenvalue weighted by molar-refractivity contribution is 0.101. The Bertz CT molecular complexity index is 637. The number of anilines is 1. The Morgan fingerprint density at radius 3 is 2.85 bits per heavy atom. The van der Waals surface area contributed by atoms with E-state index in [9.17, 15) is 4.79 Å². The molecule has 1 aliphatic rings. The van der Waals surface area contributed by atoms with Crippen LogP contribution in [0.1, 0.15) is 41.1 Å². The summed E-state index contributed by atoms with van der Waals surface area (Å²) >= 11 is 6.04. The Morgan fingerprint density at radius 1 is 1.20 bits per heavy atom. The Hall–Kier alpha value is -1.81. The minimum absolute atomic E-state index is 0.259. The summed E-state index contributed by atoms with van der Waals surface area (Å²) in [6.07, 6.45) is 5.04. The average molecular weight is 291 g/mol. The summed E-state index contributed by atoms with van der Waals surface area (Å²) < 4.78 is 5.31. The quantitative estimate of drug-likeness (QED) is 0.855. The molecule has 0 bridgehead atoms. The highest BCUT2D eigenvalue weighted by Gasteiger charge is 2.23. The molecule has 1 aliphatic carbocycles. The minimum atomic E-state index is -0.259. The molecule has 0 spiro atoms. The molecule has 20 heavy (non-hydrogen) atoms. The molecule has 4 nitrogen and oxygen atoms in total. The normalized spacial score (nSPS) is 14.4. The van der Waals surface area contributed by atoms with Gasteiger partial charge in [-0.25, -0.2) is 0 Å². The number of nitrogens with one attached hydrogen (secondary N) is 1. The first-order chi connectivity index (χ1) is 9.75. The maximum atomic E-state index is 12.3. The molecule has 2 aromatic rings. The van der Waals surface area contributed by atoms with Crippen LogP contribution in [0, 0.1) is 0 Å². The van der Waals surface area contributed by atoms with Crippen molar-refractivity contribution < 1.29 is 9.32 Å². The van der Waals surface area contributed by atoms with Crippen molar-refractivity contribution in [3.63, 3.8) is 0 Å². The lowest BCUT2D eigenvalue weighted by Gasteiger charge is -2.06. The number of benzene rings is 1. The van der Waals surface area contributed by atoms with Gasteiger partial charge >= 0.3 is 0 Å². The van der Waals surface area contributed by atoms with Crippen LogP contribution in [0.2, 0.25) is 5.02 Å². The van der Waals surface area contributed by atoms with Gasteiger partial charge < -0.3 is 9.84 Å². The fraction of sp³-hybridized carbons (Fsp3) is 0.333. The summed E-state index contributed by atoms with van der Waals surface area (Å²) in [7, 11) is 0. The summed E-state index contributed by atoms with van der Waals surface area (Å²) in [5.41, 5.74) is 1.93. The van der Waals surface area contributed by atoms with Gasteiger partial charge in [0.2, 0.25) is 0 Å². The van der Waals surface area contributed by atoms with E-state index < -0.39 is 0 Å². The van der Waals surface area contributed by atoms with Gasteiger partial charge in [0.15, 0.2) is 5.69 Å². The second-order valence-corrected chi connectivity index (χ2v) is 5.33. The number of aryl methyl sites for hydroxylation is 1. The third-order valence-electron chi connectivity index (χ3n) is 3.54. The summed E-state index contributed by atoms with van der Waals surface area (Å²) in [6, 6.07) is 7.14. The van der Waals surface area contributed by atoms with Crippen molar-refractivity contribution >= 4 is 23.2 Å². The smallest absolute Gasteiger partial charge is 0.278 e. The van der Waals surface area contributed by atoms with Crippen LogP contribution in [-0.2, 0) is 12.8 Å². The third kappa shape index (κ3) is 2.56. The van der Waals surface area contributed by atoms with E-state index in [1.807, 2.05) is 12.1 Å². The molecule has 0 fully saturated rings. The zero-order chi connectivity index (χ0) is 13.9. The highest BCUT2D eigenvalue weighted by atomic mass is 35.5. The van der Waals surface area contributed by atoms with Crippen molar-refractivity contribution in [2.75, 3.05) is 5.32 Å². The van der Waals surface area contributed by atoms with Crippen LogP contribution in [0.4, 0.5) is 5.69 Å². The molecule has 0 saturated heterocycles. The Morgan fingerprint density at radius 2 is 2.00 bits per heavy atom. The van der Waals surface area contributed by atoms with Gasteiger partial charge in [0.05, 0.1) is 10.7 Å². The molecule has 1 amide bonds. The molecule has 0 aliphatic heterocycles. The number of carbonyl (C=O) groups is 1. The van der Waals surface area contributed by atoms with Crippen LogP contribution in [-0.4, -0.2) is 11.1 Å².